The van der Waals surface area contributed by atoms with Crippen LogP contribution in [0.5, 0.6) is 0 Å². The van der Waals surface area contributed by atoms with Crippen LogP contribution in [0.3, 0.4) is 0 Å². The number of nitrogens with one attached hydrogen (secondary N) is 3. The minimum atomic E-state index is -0.395. The Morgan fingerprint density at radius 1 is 1.09 bits per heavy atom. The van der Waals surface area contributed by atoms with Gasteiger partial charge in [-0.25, -0.2) is 0 Å². The third-order valence-electron chi connectivity index (χ3n) is 3.22. The Morgan fingerprint density at radius 3 is 2.61 bits per heavy atom. The average Bonchev–Trinajstić information content (AvgIpc) is 2.99. The summed E-state index contributed by atoms with van der Waals surface area (Å²) in [6, 6.07) is 14.5. The largest absolute Gasteiger partial charge is 0.342 e. The lowest BCUT2D eigenvalue weighted by molar-refractivity contribution is -0.115. The fraction of sp³-hybridized carbons (Fsp3) is 0.0625. The molecule has 0 aliphatic rings. The second-order valence-electron chi connectivity index (χ2n) is 4.86. The van der Waals surface area contributed by atoms with E-state index < -0.39 is 5.91 Å². The third kappa shape index (κ3) is 3.57. The van der Waals surface area contributed by atoms with Crippen molar-refractivity contribution in [3.63, 3.8) is 0 Å². The molecule has 2 aromatic carbocycles. The summed E-state index contributed by atoms with van der Waals surface area (Å²) in [6.07, 6.45) is 0. The Bertz CT molecular complexity index is 858. The Balaban J connectivity index is 1.60. The lowest BCUT2D eigenvalue weighted by atomic mass is 10.2. The van der Waals surface area contributed by atoms with Crippen LogP contribution in [0.1, 0.15) is 10.5 Å². The summed E-state index contributed by atoms with van der Waals surface area (Å²) in [5.41, 5.74) is 1.71. The molecular weight excluding hydrogens is 360 g/mol. The van der Waals surface area contributed by atoms with Crippen molar-refractivity contribution < 1.29 is 9.59 Å². The van der Waals surface area contributed by atoms with E-state index in [1.54, 1.807) is 18.2 Å². The molecule has 6 nitrogen and oxygen atoms in total. The summed E-state index contributed by atoms with van der Waals surface area (Å²) < 4.78 is 0.925. The van der Waals surface area contributed by atoms with Crippen molar-refractivity contribution in [2.24, 2.45) is 0 Å². The highest BCUT2D eigenvalue weighted by molar-refractivity contribution is 9.10. The van der Waals surface area contributed by atoms with E-state index in [4.69, 9.17) is 0 Å². The van der Waals surface area contributed by atoms with E-state index in [1.807, 2.05) is 30.3 Å². The van der Waals surface area contributed by atoms with Gasteiger partial charge in [0.25, 0.3) is 5.91 Å². The molecule has 7 heteroatoms. The zero-order valence-electron chi connectivity index (χ0n) is 12.0. The summed E-state index contributed by atoms with van der Waals surface area (Å²) >= 11 is 3.32. The molecule has 0 aliphatic heterocycles. The van der Waals surface area contributed by atoms with Crippen molar-refractivity contribution in [1.29, 1.82) is 0 Å². The van der Waals surface area contributed by atoms with Crippen LogP contribution < -0.4 is 10.6 Å². The van der Waals surface area contributed by atoms with Crippen molar-refractivity contribution in [2.45, 2.75) is 0 Å². The number of carbonyl (C=O) groups is 2. The van der Waals surface area contributed by atoms with Crippen molar-refractivity contribution >= 4 is 44.3 Å². The van der Waals surface area contributed by atoms with Crippen LogP contribution in [-0.2, 0) is 4.79 Å². The zero-order valence-corrected chi connectivity index (χ0v) is 13.6. The minimum Gasteiger partial charge on any atom is -0.342 e. The molecule has 3 aromatic rings. The highest BCUT2D eigenvalue weighted by Gasteiger charge is 2.14. The Hall–Kier alpha value is -2.67. The number of carbonyl (C=O) groups excluding carboxylic acids is 2. The van der Waals surface area contributed by atoms with Crippen molar-refractivity contribution in [2.75, 3.05) is 11.9 Å². The smallest absolute Gasteiger partial charge is 0.272 e. The summed E-state index contributed by atoms with van der Waals surface area (Å²) in [5, 5.41) is 12.8. The van der Waals surface area contributed by atoms with Crippen LogP contribution in [0.25, 0.3) is 10.9 Å². The Labute approximate surface area is 140 Å². The van der Waals surface area contributed by atoms with Crippen molar-refractivity contribution in [3.05, 3.63) is 58.7 Å². The van der Waals surface area contributed by atoms with Crippen LogP contribution in [0.15, 0.2) is 53.0 Å². The summed E-state index contributed by atoms with van der Waals surface area (Å²) in [6.45, 7) is -0.129. The first kappa shape index (κ1) is 15.2. The van der Waals surface area contributed by atoms with Gasteiger partial charge < -0.3 is 10.6 Å². The number of H-pyrrole nitrogens is 1. The van der Waals surface area contributed by atoms with Gasteiger partial charge in [0.2, 0.25) is 5.91 Å². The fourth-order valence-electron chi connectivity index (χ4n) is 2.12. The molecule has 0 spiro atoms. The number of hydrogen-bond acceptors (Lipinski definition) is 3. The molecule has 0 unspecified atom stereocenters. The molecule has 1 aromatic heterocycles. The van der Waals surface area contributed by atoms with Crippen LogP contribution in [-0.4, -0.2) is 28.6 Å². The quantitative estimate of drug-likeness (QED) is 0.657. The fourth-order valence-corrected chi connectivity index (χ4v) is 2.38. The highest BCUT2D eigenvalue weighted by atomic mass is 79.9. The number of amides is 2. The number of benzene rings is 2. The second-order valence-corrected chi connectivity index (χ2v) is 5.77. The van der Waals surface area contributed by atoms with Gasteiger partial charge in [-0.1, -0.05) is 34.1 Å². The molecule has 3 rings (SSSR count). The molecule has 116 valence electrons. The maximum absolute atomic E-state index is 12.1. The molecule has 0 saturated heterocycles. The van der Waals surface area contributed by atoms with E-state index in [0.717, 1.165) is 15.4 Å². The van der Waals surface area contributed by atoms with E-state index in [-0.39, 0.29) is 18.1 Å². The number of rotatable bonds is 4. The van der Waals surface area contributed by atoms with Crippen LogP contribution in [0.4, 0.5) is 5.69 Å². The minimum absolute atomic E-state index is 0.129. The molecule has 2 amide bonds. The molecule has 0 saturated carbocycles. The standard InChI is InChI=1S/C16H13BrN4O2/c17-10-5-7-11(8-6-10)19-14(22)9-18-16(23)15-12-3-1-2-4-13(12)20-21-15/h1-8H,9H2,(H,18,23)(H,19,22)(H,20,21). The summed E-state index contributed by atoms with van der Waals surface area (Å²) in [7, 11) is 0. The molecule has 0 fully saturated rings. The number of aromatic nitrogens is 2. The maximum atomic E-state index is 12.1. The normalized spacial score (nSPS) is 10.5. The van der Waals surface area contributed by atoms with Gasteiger partial charge in [0.15, 0.2) is 5.69 Å². The van der Waals surface area contributed by atoms with Gasteiger partial charge in [0.1, 0.15) is 0 Å². The molecular formula is C16H13BrN4O2. The number of aromatic amines is 1. The number of nitrogens with zero attached hydrogens (tertiary/aromatic N) is 1. The zero-order chi connectivity index (χ0) is 16.2. The van der Waals surface area contributed by atoms with Crippen molar-refractivity contribution in [1.82, 2.24) is 15.5 Å². The van der Waals surface area contributed by atoms with Gasteiger partial charge in [-0.05, 0) is 30.3 Å². The monoisotopic (exact) mass is 372 g/mol. The Morgan fingerprint density at radius 2 is 1.83 bits per heavy atom. The van der Waals surface area contributed by atoms with Crippen LogP contribution in [0, 0.1) is 0 Å². The first-order chi connectivity index (χ1) is 11.1. The molecule has 23 heavy (non-hydrogen) atoms. The molecule has 0 radical (unpaired) electrons. The van der Waals surface area contributed by atoms with Gasteiger partial charge in [0.05, 0.1) is 12.1 Å². The number of hydrogen-bond donors (Lipinski definition) is 3. The van der Waals surface area contributed by atoms with Crippen molar-refractivity contribution in [3.8, 4) is 0 Å². The number of para-hydroxylation sites is 1. The highest BCUT2D eigenvalue weighted by Crippen LogP contribution is 2.15. The molecule has 1 heterocycles. The lowest BCUT2D eigenvalue weighted by Gasteiger charge is -2.06. The predicted molar refractivity (Wildman–Crippen MR) is 91.2 cm³/mol. The predicted octanol–water partition coefficient (Wildman–Crippen LogP) is 2.69. The molecule has 3 N–H and O–H groups in total. The number of fused-ring (bicyclic) bond motifs is 1. The first-order valence-corrected chi connectivity index (χ1v) is 7.69. The summed E-state index contributed by atoms with van der Waals surface area (Å²) in [5.74, 6) is -0.700. The second kappa shape index (κ2) is 6.62. The average molecular weight is 373 g/mol. The van der Waals surface area contributed by atoms with Gasteiger partial charge in [-0.3, -0.25) is 14.7 Å². The molecule has 0 aliphatic carbocycles. The topological polar surface area (TPSA) is 86.9 Å². The van der Waals surface area contributed by atoms with Gasteiger partial charge >= 0.3 is 0 Å². The van der Waals surface area contributed by atoms with E-state index in [9.17, 15) is 9.59 Å². The number of halogens is 1. The molecule has 0 atom stereocenters. The van der Waals surface area contributed by atoms with E-state index in [2.05, 4.69) is 36.8 Å². The van der Waals surface area contributed by atoms with E-state index in [0.29, 0.717) is 5.69 Å². The van der Waals surface area contributed by atoms with Gasteiger partial charge in [0, 0.05) is 15.5 Å². The van der Waals surface area contributed by atoms with Crippen LogP contribution >= 0.6 is 15.9 Å². The van der Waals surface area contributed by atoms with Gasteiger partial charge in [-0.15, -0.1) is 0 Å². The Kier molecular flexibility index (Phi) is 4.38. The first-order valence-electron chi connectivity index (χ1n) is 6.90. The summed E-state index contributed by atoms with van der Waals surface area (Å²) in [4.78, 5) is 24.0. The van der Waals surface area contributed by atoms with Gasteiger partial charge in [-0.2, -0.15) is 5.10 Å². The van der Waals surface area contributed by atoms with Crippen LogP contribution in [0.2, 0.25) is 0 Å². The third-order valence-corrected chi connectivity index (χ3v) is 3.75. The number of anilines is 1. The maximum Gasteiger partial charge on any atom is 0.272 e. The van der Waals surface area contributed by atoms with E-state index in [1.165, 1.54) is 0 Å². The SMILES string of the molecule is O=C(CNC(=O)c1n[nH]c2ccccc12)Nc1ccc(Br)cc1. The molecule has 0 bridgehead atoms. The van der Waals surface area contributed by atoms with E-state index >= 15 is 0 Å². The lowest BCUT2D eigenvalue weighted by Crippen LogP contribution is -2.33.